The lowest BCUT2D eigenvalue weighted by Gasteiger charge is -2.34. The number of hydrogen-bond donors (Lipinski definition) is 2. The van der Waals surface area contributed by atoms with Crippen molar-refractivity contribution >= 4 is 23.6 Å². The van der Waals surface area contributed by atoms with E-state index in [9.17, 15) is 14.4 Å². The average molecular weight is 558 g/mol. The third-order valence-electron chi connectivity index (χ3n) is 6.69. The Morgan fingerprint density at radius 2 is 1.49 bits per heavy atom. The smallest absolute Gasteiger partial charge is 0.408 e. The molecule has 2 unspecified atom stereocenters. The van der Waals surface area contributed by atoms with Crippen molar-refractivity contribution in [1.29, 1.82) is 0 Å². The van der Waals surface area contributed by atoms with Crippen LogP contribution in [0, 0.1) is 6.92 Å². The Bertz CT molecular complexity index is 1300. The summed E-state index contributed by atoms with van der Waals surface area (Å²) in [4.78, 5) is 42.9. The monoisotopic (exact) mass is 557 g/mol. The minimum atomic E-state index is -0.942. The highest BCUT2D eigenvalue weighted by molar-refractivity contribution is 5.99. The number of alkyl carbamates (subject to hydrolysis) is 1. The molecule has 0 saturated heterocycles. The van der Waals surface area contributed by atoms with Crippen LogP contribution in [0.4, 0.5) is 10.5 Å². The largest absolute Gasteiger partial charge is 0.444 e. The second-order valence-electron chi connectivity index (χ2n) is 11.2. The van der Waals surface area contributed by atoms with Crippen LogP contribution in [0.1, 0.15) is 69.3 Å². The van der Waals surface area contributed by atoms with E-state index in [0.717, 1.165) is 23.1 Å². The van der Waals surface area contributed by atoms with Gasteiger partial charge < -0.3 is 20.3 Å². The molecule has 0 saturated carbocycles. The molecular formula is C34H43N3O4. The van der Waals surface area contributed by atoms with E-state index in [1.54, 1.807) is 25.7 Å². The maximum Gasteiger partial charge on any atom is 0.408 e. The number of hydrogen-bond acceptors (Lipinski definition) is 4. The summed E-state index contributed by atoms with van der Waals surface area (Å²) in [6, 6.07) is 23.0. The standard InChI is InChI=1S/C34H43N3O4/c1-7-22-37(32(39)29(23-26-15-10-9-11-16-26)36-33(40)41-34(4,5)6)30(27-20-18-25(8-2)19-21-27)31(38)35-28-17-13-12-14-24(28)3/h9-21,29-30H,7-8,22-23H2,1-6H3,(H,35,38)(H,36,40). The van der Waals surface area contributed by atoms with Gasteiger partial charge in [0.25, 0.3) is 5.91 Å². The molecule has 3 rings (SSSR count). The van der Waals surface area contributed by atoms with Gasteiger partial charge in [0.05, 0.1) is 0 Å². The number of ether oxygens (including phenoxy) is 1. The number of carbonyl (C=O) groups is 3. The first-order valence-corrected chi connectivity index (χ1v) is 14.3. The Kier molecular flexibility index (Phi) is 11.1. The van der Waals surface area contributed by atoms with E-state index in [-0.39, 0.29) is 18.2 Å². The van der Waals surface area contributed by atoms with E-state index in [4.69, 9.17) is 4.74 Å². The number of amides is 3. The van der Waals surface area contributed by atoms with Crippen LogP contribution >= 0.6 is 0 Å². The first-order valence-electron chi connectivity index (χ1n) is 14.3. The lowest BCUT2D eigenvalue weighted by Crippen LogP contribution is -2.53. The van der Waals surface area contributed by atoms with Gasteiger partial charge in [-0.2, -0.15) is 0 Å². The molecule has 3 aromatic carbocycles. The van der Waals surface area contributed by atoms with Gasteiger partial charge >= 0.3 is 6.09 Å². The van der Waals surface area contributed by atoms with Gasteiger partial charge in [0.2, 0.25) is 5.91 Å². The maximum absolute atomic E-state index is 14.4. The van der Waals surface area contributed by atoms with E-state index < -0.39 is 23.8 Å². The first kappa shape index (κ1) is 31.4. The molecule has 7 nitrogen and oxygen atoms in total. The Morgan fingerprint density at radius 3 is 2.07 bits per heavy atom. The molecule has 3 amide bonds. The first-order chi connectivity index (χ1) is 19.5. The van der Waals surface area contributed by atoms with E-state index >= 15 is 0 Å². The minimum absolute atomic E-state index is 0.250. The minimum Gasteiger partial charge on any atom is -0.444 e. The molecule has 0 spiro atoms. The third-order valence-corrected chi connectivity index (χ3v) is 6.69. The number of anilines is 1. The van der Waals surface area contributed by atoms with Crippen LogP contribution in [0.25, 0.3) is 0 Å². The van der Waals surface area contributed by atoms with Crippen molar-refractivity contribution in [2.75, 3.05) is 11.9 Å². The Hall–Kier alpha value is -4.13. The van der Waals surface area contributed by atoms with Gasteiger partial charge in [-0.25, -0.2) is 4.79 Å². The van der Waals surface area contributed by atoms with Crippen molar-refractivity contribution in [3.05, 3.63) is 101 Å². The summed E-state index contributed by atoms with van der Waals surface area (Å²) in [6.07, 6.45) is 1.05. The molecule has 0 aromatic heterocycles. The molecule has 7 heteroatoms. The fraction of sp³-hybridized carbons (Fsp3) is 0.382. The number of aryl methyl sites for hydroxylation is 2. The summed E-state index contributed by atoms with van der Waals surface area (Å²) >= 11 is 0. The number of nitrogens with one attached hydrogen (secondary N) is 2. The lowest BCUT2D eigenvalue weighted by molar-refractivity contribution is -0.140. The lowest BCUT2D eigenvalue weighted by atomic mass is 9.98. The fourth-order valence-corrected chi connectivity index (χ4v) is 4.63. The van der Waals surface area contributed by atoms with Crippen molar-refractivity contribution < 1.29 is 19.1 Å². The summed E-state index contributed by atoms with van der Waals surface area (Å²) in [6.45, 7) is 11.6. The van der Waals surface area contributed by atoms with Crippen molar-refractivity contribution in [2.45, 2.75) is 78.5 Å². The molecule has 0 fully saturated rings. The zero-order valence-electron chi connectivity index (χ0n) is 25.1. The normalized spacial score (nSPS) is 12.6. The van der Waals surface area contributed by atoms with Gasteiger partial charge in [-0.1, -0.05) is 86.6 Å². The van der Waals surface area contributed by atoms with Crippen LogP contribution in [-0.2, 0) is 27.2 Å². The highest BCUT2D eigenvalue weighted by Crippen LogP contribution is 2.27. The summed E-state index contributed by atoms with van der Waals surface area (Å²) < 4.78 is 5.51. The molecule has 0 heterocycles. The van der Waals surface area contributed by atoms with Gasteiger partial charge in [0.15, 0.2) is 0 Å². The summed E-state index contributed by atoms with van der Waals surface area (Å²) in [5, 5.41) is 5.85. The van der Waals surface area contributed by atoms with Gasteiger partial charge in [-0.15, -0.1) is 0 Å². The number of rotatable bonds is 11. The topological polar surface area (TPSA) is 87.7 Å². The predicted octanol–water partition coefficient (Wildman–Crippen LogP) is 6.61. The second-order valence-corrected chi connectivity index (χ2v) is 11.2. The molecule has 218 valence electrons. The molecule has 2 atom stereocenters. The maximum atomic E-state index is 14.4. The number of nitrogens with zero attached hydrogens (tertiary/aromatic N) is 1. The van der Waals surface area contributed by atoms with E-state index in [2.05, 4.69) is 17.6 Å². The van der Waals surface area contributed by atoms with Crippen LogP contribution in [0.3, 0.4) is 0 Å². The summed E-state index contributed by atoms with van der Waals surface area (Å²) in [5.74, 6) is -0.674. The molecule has 0 aliphatic rings. The number of carbonyl (C=O) groups excluding carboxylic acids is 3. The van der Waals surface area contributed by atoms with Crippen molar-refractivity contribution in [3.63, 3.8) is 0 Å². The Labute approximate surface area is 244 Å². The number of para-hydroxylation sites is 1. The van der Waals surface area contributed by atoms with Gasteiger partial charge in [0.1, 0.15) is 17.7 Å². The molecule has 3 aromatic rings. The predicted molar refractivity (Wildman–Crippen MR) is 164 cm³/mol. The highest BCUT2D eigenvalue weighted by Gasteiger charge is 2.36. The zero-order chi connectivity index (χ0) is 30.0. The average Bonchev–Trinajstić information content (AvgIpc) is 2.93. The van der Waals surface area contributed by atoms with Crippen LogP contribution in [-0.4, -0.2) is 41.0 Å². The molecule has 0 aliphatic heterocycles. The summed E-state index contributed by atoms with van der Waals surface area (Å²) in [7, 11) is 0. The second kappa shape index (κ2) is 14.5. The van der Waals surface area contributed by atoms with E-state index in [1.807, 2.05) is 92.7 Å². The van der Waals surface area contributed by atoms with Crippen molar-refractivity contribution in [3.8, 4) is 0 Å². The molecule has 0 bridgehead atoms. The quantitative estimate of drug-likeness (QED) is 0.278. The SMILES string of the molecule is CCCN(C(=O)C(Cc1ccccc1)NC(=O)OC(C)(C)C)C(C(=O)Nc1ccccc1C)c1ccc(CC)cc1. The van der Waals surface area contributed by atoms with Crippen LogP contribution < -0.4 is 10.6 Å². The van der Waals surface area contributed by atoms with Crippen molar-refractivity contribution in [1.82, 2.24) is 10.2 Å². The summed E-state index contributed by atoms with van der Waals surface area (Å²) in [5.41, 5.74) is 3.59. The molecular weight excluding hydrogens is 514 g/mol. The van der Waals surface area contributed by atoms with Crippen LogP contribution in [0.15, 0.2) is 78.9 Å². The van der Waals surface area contributed by atoms with Crippen LogP contribution in [0.2, 0.25) is 0 Å². The van der Waals surface area contributed by atoms with Crippen LogP contribution in [0.5, 0.6) is 0 Å². The van der Waals surface area contributed by atoms with Gasteiger partial charge in [0, 0.05) is 18.7 Å². The Balaban J connectivity index is 2.04. The zero-order valence-corrected chi connectivity index (χ0v) is 25.1. The molecule has 2 N–H and O–H groups in total. The van der Waals surface area contributed by atoms with E-state index in [1.165, 1.54) is 0 Å². The van der Waals surface area contributed by atoms with Gasteiger partial charge in [-0.05, 0) is 68.9 Å². The Morgan fingerprint density at radius 1 is 0.854 bits per heavy atom. The van der Waals surface area contributed by atoms with Crippen molar-refractivity contribution in [2.24, 2.45) is 0 Å². The molecule has 0 aliphatic carbocycles. The van der Waals surface area contributed by atoms with Gasteiger partial charge in [-0.3, -0.25) is 9.59 Å². The molecule has 0 radical (unpaired) electrons. The molecule has 41 heavy (non-hydrogen) atoms. The third kappa shape index (κ3) is 9.20. The fourth-order valence-electron chi connectivity index (χ4n) is 4.63. The highest BCUT2D eigenvalue weighted by atomic mass is 16.6. The van der Waals surface area contributed by atoms with E-state index in [0.29, 0.717) is 24.2 Å². The number of benzene rings is 3.